The van der Waals surface area contributed by atoms with Crippen LogP contribution in [0.15, 0.2) is 59.6 Å². The largest absolute Gasteiger partial charge is 0.478 e. The van der Waals surface area contributed by atoms with Gasteiger partial charge in [0.25, 0.3) is 10.0 Å². The van der Waals surface area contributed by atoms with Crippen LogP contribution >= 0.6 is 0 Å². The molecule has 8 nitrogen and oxygen atoms in total. The molecule has 1 aromatic heterocycles. The molecule has 1 aliphatic heterocycles. The summed E-state index contributed by atoms with van der Waals surface area (Å²) in [6.07, 6.45) is 1.38. The highest BCUT2D eigenvalue weighted by molar-refractivity contribution is 7.92. The molecule has 35 heavy (non-hydrogen) atoms. The molecule has 0 spiro atoms. The van der Waals surface area contributed by atoms with Crippen molar-refractivity contribution in [3.05, 3.63) is 77.0 Å². The van der Waals surface area contributed by atoms with Crippen molar-refractivity contribution in [2.45, 2.75) is 38.6 Å². The van der Waals surface area contributed by atoms with Gasteiger partial charge in [0.15, 0.2) is 0 Å². The lowest BCUT2D eigenvalue weighted by Crippen LogP contribution is -2.52. The van der Waals surface area contributed by atoms with Gasteiger partial charge in [0.05, 0.1) is 16.8 Å². The molecule has 2 N–H and O–H groups in total. The summed E-state index contributed by atoms with van der Waals surface area (Å²) in [5.74, 6) is -0.822. The molecule has 4 rings (SSSR count). The molecule has 184 valence electrons. The number of nitrogens with zero attached hydrogens (tertiary/aromatic N) is 3. The van der Waals surface area contributed by atoms with Gasteiger partial charge in [-0.15, -0.1) is 0 Å². The van der Waals surface area contributed by atoms with E-state index in [0.29, 0.717) is 31.0 Å². The van der Waals surface area contributed by atoms with Crippen LogP contribution in [0.5, 0.6) is 0 Å². The Bertz CT molecular complexity index is 1370. The second-order valence-corrected chi connectivity index (χ2v) is 10.8. The minimum Gasteiger partial charge on any atom is -0.478 e. The molecule has 2 aromatic carbocycles. The van der Waals surface area contributed by atoms with Crippen LogP contribution in [0.3, 0.4) is 0 Å². The molecule has 0 unspecified atom stereocenters. The monoisotopic (exact) mass is 494 g/mol. The Hall–Kier alpha value is -3.59. The Morgan fingerprint density at radius 1 is 1.06 bits per heavy atom. The van der Waals surface area contributed by atoms with Crippen molar-refractivity contribution in [1.82, 2.24) is 4.98 Å². The number of aromatic carboxylic acids is 1. The van der Waals surface area contributed by atoms with E-state index >= 15 is 0 Å². The highest BCUT2D eigenvalue weighted by atomic mass is 32.2. The van der Waals surface area contributed by atoms with Gasteiger partial charge in [-0.3, -0.25) is 4.72 Å². The number of carboxylic acids is 1. The Labute approximate surface area is 206 Å². The molecular formula is C26H30N4O4S. The zero-order valence-electron chi connectivity index (χ0n) is 20.3. The maximum Gasteiger partial charge on any atom is 0.339 e. The van der Waals surface area contributed by atoms with E-state index in [4.69, 9.17) is 0 Å². The summed E-state index contributed by atoms with van der Waals surface area (Å²) in [5.41, 5.74) is 3.81. The number of anilines is 3. The van der Waals surface area contributed by atoms with Crippen molar-refractivity contribution in [2.75, 3.05) is 34.2 Å². The van der Waals surface area contributed by atoms with Crippen LogP contribution in [0.4, 0.5) is 17.2 Å². The summed E-state index contributed by atoms with van der Waals surface area (Å²) in [7, 11) is -3.90. The van der Waals surface area contributed by atoms with Gasteiger partial charge in [0.1, 0.15) is 11.4 Å². The van der Waals surface area contributed by atoms with E-state index in [1.165, 1.54) is 17.8 Å². The first-order valence-corrected chi connectivity index (χ1v) is 12.9. The standard InChI is InChI=1S/C26H30N4O4S/c1-17-6-5-7-22(12-17)30-11-10-29(16-20(30)4)25-23(26(31)32)14-21(15-27-25)28-35(33,34)24-13-18(2)8-9-19(24)3/h5-9,12-15,20,28H,10-11,16H2,1-4H3,(H,31,32)/t20-/m0/s1. The summed E-state index contributed by atoms with van der Waals surface area (Å²) < 4.78 is 28.4. The number of piperazine rings is 1. The average Bonchev–Trinajstić information content (AvgIpc) is 2.80. The van der Waals surface area contributed by atoms with Crippen LogP contribution in [-0.4, -0.2) is 50.2 Å². The molecule has 1 saturated heterocycles. The number of nitrogens with one attached hydrogen (secondary N) is 1. The van der Waals surface area contributed by atoms with E-state index in [1.807, 2.05) is 24.0 Å². The molecule has 2 heterocycles. The van der Waals surface area contributed by atoms with Crippen LogP contribution in [0, 0.1) is 20.8 Å². The van der Waals surface area contributed by atoms with Crippen LogP contribution in [0.2, 0.25) is 0 Å². The molecule has 0 saturated carbocycles. The summed E-state index contributed by atoms with van der Waals surface area (Å²) in [4.78, 5) is 20.9. The Balaban J connectivity index is 1.58. The lowest BCUT2D eigenvalue weighted by molar-refractivity contribution is 0.0697. The number of hydrogen-bond acceptors (Lipinski definition) is 6. The van der Waals surface area contributed by atoms with Gasteiger partial charge in [-0.1, -0.05) is 24.3 Å². The molecule has 1 aliphatic rings. The fourth-order valence-corrected chi connectivity index (χ4v) is 5.83. The van der Waals surface area contributed by atoms with Gasteiger partial charge < -0.3 is 14.9 Å². The molecule has 1 fully saturated rings. The van der Waals surface area contributed by atoms with Crippen LogP contribution in [-0.2, 0) is 10.0 Å². The Morgan fingerprint density at radius 3 is 2.49 bits per heavy atom. The number of aromatic nitrogens is 1. The van der Waals surface area contributed by atoms with Gasteiger partial charge >= 0.3 is 5.97 Å². The highest BCUT2D eigenvalue weighted by Crippen LogP contribution is 2.28. The second kappa shape index (κ2) is 9.58. The summed E-state index contributed by atoms with van der Waals surface area (Å²) in [6.45, 7) is 9.60. The average molecular weight is 495 g/mol. The number of pyridine rings is 1. The number of carbonyl (C=O) groups is 1. The van der Waals surface area contributed by atoms with E-state index in [9.17, 15) is 18.3 Å². The van der Waals surface area contributed by atoms with Gasteiger partial charge in [-0.25, -0.2) is 18.2 Å². The maximum absolute atomic E-state index is 13.0. The molecule has 0 bridgehead atoms. The first-order chi connectivity index (χ1) is 16.5. The van der Waals surface area contributed by atoms with E-state index in [2.05, 4.69) is 46.7 Å². The van der Waals surface area contributed by atoms with Crippen molar-refractivity contribution in [3.8, 4) is 0 Å². The number of carboxylic acid groups (broad SMARTS) is 1. The quantitative estimate of drug-likeness (QED) is 0.529. The number of benzene rings is 2. The smallest absolute Gasteiger partial charge is 0.339 e. The van der Waals surface area contributed by atoms with Gasteiger partial charge in [0.2, 0.25) is 0 Å². The van der Waals surface area contributed by atoms with Crippen molar-refractivity contribution >= 4 is 33.2 Å². The third-order valence-electron chi connectivity index (χ3n) is 6.24. The normalized spacial score (nSPS) is 16.3. The van der Waals surface area contributed by atoms with Crippen LogP contribution in [0.25, 0.3) is 0 Å². The van der Waals surface area contributed by atoms with Crippen molar-refractivity contribution in [2.24, 2.45) is 0 Å². The minimum absolute atomic E-state index is 0.0395. The molecule has 9 heteroatoms. The van der Waals surface area contributed by atoms with E-state index in [0.717, 1.165) is 11.3 Å². The topological polar surface area (TPSA) is 103 Å². The van der Waals surface area contributed by atoms with E-state index in [1.54, 1.807) is 19.1 Å². The van der Waals surface area contributed by atoms with Gasteiger partial charge in [-0.2, -0.15) is 0 Å². The summed E-state index contributed by atoms with van der Waals surface area (Å²) in [6, 6.07) is 15.0. The summed E-state index contributed by atoms with van der Waals surface area (Å²) >= 11 is 0. The summed E-state index contributed by atoms with van der Waals surface area (Å²) in [5, 5.41) is 9.89. The Morgan fingerprint density at radius 2 is 1.80 bits per heavy atom. The number of sulfonamides is 1. The first kappa shape index (κ1) is 24.5. The Kier molecular flexibility index (Phi) is 6.71. The highest BCUT2D eigenvalue weighted by Gasteiger charge is 2.28. The van der Waals surface area contributed by atoms with E-state index < -0.39 is 16.0 Å². The van der Waals surface area contributed by atoms with Crippen LogP contribution in [0.1, 0.15) is 34.0 Å². The molecular weight excluding hydrogens is 464 g/mol. The van der Waals surface area contributed by atoms with Crippen molar-refractivity contribution in [3.63, 3.8) is 0 Å². The minimum atomic E-state index is -3.90. The fraction of sp³-hybridized carbons (Fsp3) is 0.308. The predicted molar refractivity (Wildman–Crippen MR) is 138 cm³/mol. The van der Waals surface area contributed by atoms with Crippen molar-refractivity contribution in [1.29, 1.82) is 0 Å². The second-order valence-electron chi connectivity index (χ2n) is 9.10. The lowest BCUT2D eigenvalue weighted by atomic mass is 10.1. The molecule has 0 aliphatic carbocycles. The zero-order valence-corrected chi connectivity index (χ0v) is 21.1. The lowest BCUT2D eigenvalue weighted by Gasteiger charge is -2.42. The number of hydrogen-bond donors (Lipinski definition) is 2. The molecule has 1 atom stereocenters. The SMILES string of the molecule is Cc1cccc(N2CCN(c3ncc(NS(=O)(=O)c4cc(C)ccc4C)cc3C(=O)O)C[C@@H]2C)c1. The maximum atomic E-state index is 13.0. The predicted octanol–water partition coefficient (Wildman–Crippen LogP) is 4.22. The first-order valence-electron chi connectivity index (χ1n) is 11.5. The molecule has 3 aromatic rings. The third kappa shape index (κ3) is 5.24. The fourth-order valence-electron chi connectivity index (χ4n) is 4.47. The molecule has 0 amide bonds. The van der Waals surface area contributed by atoms with Crippen LogP contribution < -0.4 is 14.5 Å². The zero-order chi connectivity index (χ0) is 25.3. The number of aryl methyl sites for hydroxylation is 3. The number of rotatable bonds is 6. The third-order valence-corrected chi connectivity index (χ3v) is 7.77. The van der Waals surface area contributed by atoms with Gasteiger partial charge in [0, 0.05) is 31.4 Å². The van der Waals surface area contributed by atoms with Crippen molar-refractivity contribution < 1.29 is 18.3 Å². The van der Waals surface area contributed by atoms with Gasteiger partial charge in [-0.05, 0) is 68.7 Å². The molecule has 0 radical (unpaired) electrons. The van der Waals surface area contributed by atoms with E-state index in [-0.39, 0.29) is 22.2 Å².